The molecule has 0 saturated heterocycles. The molecule has 4 nitrogen and oxygen atoms in total. The zero-order valence-electron chi connectivity index (χ0n) is 8.01. The average Bonchev–Trinajstić information content (AvgIpc) is 2.14. The summed E-state index contributed by atoms with van der Waals surface area (Å²) in [6.45, 7) is 0. The molecule has 0 aliphatic rings. The number of carboxylic acids is 1. The standard InChI is InChI=1S/C10H10O4S/c1-15(13,14)9-4-2-3-8(7-9)5-6-10(11)12/h2-7H,1H3,(H,11,12)/p-1/b6-5+. The first kappa shape index (κ1) is 11.5. The number of hydrogen-bond donors (Lipinski definition) is 0. The number of rotatable bonds is 3. The van der Waals surface area contributed by atoms with E-state index in [4.69, 9.17) is 0 Å². The van der Waals surface area contributed by atoms with Crippen molar-refractivity contribution >= 4 is 21.9 Å². The minimum atomic E-state index is -3.26. The van der Waals surface area contributed by atoms with Gasteiger partial charge in [-0.1, -0.05) is 18.2 Å². The third-order valence-electron chi connectivity index (χ3n) is 1.70. The molecule has 0 bridgehead atoms. The molecule has 1 rings (SSSR count). The second-order valence-electron chi connectivity index (χ2n) is 3.00. The van der Waals surface area contributed by atoms with Gasteiger partial charge in [-0.25, -0.2) is 8.42 Å². The van der Waals surface area contributed by atoms with Crippen LogP contribution in [0.4, 0.5) is 0 Å². The van der Waals surface area contributed by atoms with Gasteiger partial charge in [0.2, 0.25) is 0 Å². The number of sulfone groups is 1. The van der Waals surface area contributed by atoms with Gasteiger partial charge in [-0.15, -0.1) is 0 Å². The SMILES string of the molecule is CS(=O)(=O)c1cccc(/C=C/C(=O)[O-])c1. The predicted octanol–water partition coefficient (Wildman–Crippen LogP) is -0.147. The topological polar surface area (TPSA) is 74.3 Å². The van der Waals surface area contributed by atoms with Crippen molar-refractivity contribution in [3.8, 4) is 0 Å². The van der Waals surface area contributed by atoms with E-state index in [9.17, 15) is 18.3 Å². The Labute approximate surface area is 87.8 Å². The van der Waals surface area contributed by atoms with Gasteiger partial charge in [-0.2, -0.15) is 0 Å². The fourth-order valence-electron chi connectivity index (χ4n) is 1.01. The van der Waals surface area contributed by atoms with Gasteiger partial charge < -0.3 is 9.90 Å². The summed E-state index contributed by atoms with van der Waals surface area (Å²) in [7, 11) is -3.26. The smallest absolute Gasteiger partial charge is 0.175 e. The van der Waals surface area contributed by atoms with Gasteiger partial charge in [-0.05, 0) is 23.8 Å². The first-order valence-corrected chi connectivity index (χ1v) is 5.98. The Morgan fingerprint density at radius 3 is 2.60 bits per heavy atom. The minimum Gasteiger partial charge on any atom is -0.545 e. The van der Waals surface area contributed by atoms with Crippen molar-refractivity contribution < 1.29 is 18.3 Å². The van der Waals surface area contributed by atoms with Crippen LogP contribution in [0.15, 0.2) is 35.2 Å². The fourth-order valence-corrected chi connectivity index (χ4v) is 1.69. The number of carboxylic acid groups (broad SMARTS) is 1. The molecule has 0 aliphatic carbocycles. The van der Waals surface area contributed by atoms with Gasteiger partial charge >= 0.3 is 0 Å². The summed E-state index contributed by atoms with van der Waals surface area (Å²) in [5, 5.41) is 10.1. The molecule has 0 heterocycles. The van der Waals surface area contributed by atoms with E-state index in [1.807, 2.05) is 0 Å². The Balaban J connectivity index is 3.09. The Bertz CT molecular complexity index is 500. The number of carbonyl (C=O) groups excluding carboxylic acids is 1. The molecule has 1 aromatic carbocycles. The lowest BCUT2D eigenvalue weighted by Crippen LogP contribution is -2.18. The molecule has 0 aromatic heterocycles. The molecule has 0 atom stereocenters. The molecule has 0 radical (unpaired) electrons. The predicted molar refractivity (Wildman–Crippen MR) is 53.6 cm³/mol. The minimum absolute atomic E-state index is 0.156. The molecule has 0 fully saturated rings. The summed E-state index contributed by atoms with van der Waals surface area (Å²) in [5.41, 5.74) is 0.502. The molecule has 0 aliphatic heterocycles. The molecule has 0 N–H and O–H groups in total. The second kappa shape index (κ2) is 4.27. The van der Waals surface area contributed by atoms with Crippen LogP contribution in [0.25, 0.3) is 6.08 Å². The van der Waals surface area contributed by atoms with E-state index in [-0.39, 0.29) is 4.90 Å². The van der Waals surface area contributed by atoms with E-state index in [2.05, 4.69) is 0 Å². The highest BCUT2D eigenvalue weighted by molar-refractivity contribution is 7.90. The van der Waals surface area contributed by atoms with Crippen molar-refractivity contribution in [3.63, 3.8) is 0 Å². The second-order valence-corrected chi connectivity index (χ2v) is 5.01. The van der Waals surface area contributed by atoms with Crippen LogP contribution >= 0.6 is 0 Å². The molecule has 0 saturated carbocycles. The van der Waals surface area contributed by atoms with Gasteiger partial charge in [0.1, 0.15) is 0 Å². The number of hydrogen-bond acceptors (Lipinski definition) is 4. The molecule has 80 valence electrons. The highest BCUT2D eigenvalue weighted by atomic mass is 32.2. The van der Waals surface area contributed by atoms with E-state index < -0.39 is 15.8 Å². The van der Waals surface area contributed by atoms with Crippen LogP contribution in [0.5, 0.6) is 0 Å². The zero-order valence-corrected chi connectivity index (χ0v) is 8.82. The molecule has 0 amide bonds. The molecular formula is C10H9O4S-. The van der Waals surface area contributed by atoms with E-state index in [1.54, 1.807) is 12.1 Å². The largest absolute Gasteiger partial charge is 0.545 e. The zero-order chi connectivity index (χ0) is 11.5. The Kier molecular flexibility index (Phi) is 3.26. The van der Waals surface area contributed by atoms with Crippen molar-refractivity contribution in [2.45, 2.75) is 4.90 Å². The Morgan fingerprint density at radius 1 is 1.40 bits per heavy atom. The van der Waals surface area contributed by atoms with Crippen LogP contribution in [0, 0.1) is 0 Å². The van der Waals surface area contributed by atoms with E-state index in [0.29, 0.717) is 5.56 Å². The fraction of sp³-hybridized carbons (Fsp3) is 0.100. The third-order valence-corrected chi connectivity index (χ3v) is 2.81. The van der Waals surface area contributed by atoms with Crippen molar-refractivity contribution in [3.05, 3.63) is 35.9 Å². The number of aliphatic carboxylic acids is 1. The highest BCUT2D eigenvalue weighted by Gasteiger charge is 2.05. The van der Waals surface area contributed by atoms with Crippen LogP contribution in [-0.2, 0) is 14.6 Å². The van der Waals surface area contributed by atoms with E-state index >= 15 is 0 Å². The number of carbonyl (C=O) groups is 1. The van der Waals surface area contributed by atoms with Gasteiger partial charge in [-0.3, -0.25) is 0 Å². The average molecular weight is 225 g/mol. The highest BCUT2D eigenvalue weighted by Crippen LogP contribution is 2.12. The van der Waals surface area contributed by atoms with Gasteiger partial charge in [0.15, 0.2) is 9.84 Å². The van der Waals surface area contributed by atoms with Crippen molar-refractivity contribution in [1.82, 2.24) is 0 Å². The van der Waals surface area contributed by atoms with Crippen LogP contribution in [0.2, 0.25) is 0 Å². The van der Waals surface area contributed by atoms with Crippen LogP contribution in [-0.4, -0.2) is 20.6 Å². The van der Waals surface area contributed by atoms with E-state index in [0.717, 1.165) is 12.3 Å². The maximum atomic E-state index is 11.2. The molecule has 0 spiro atoms. The maximum absolute atomic E-state index is 11.2. The molecule has 15 heavy (non-hydrogen) atoms. The molecule has 5 heteroatoms. The van der Waals surface area contributed by atoms with Crippen LogP contribution in [0.1, 0.15) is 5.56 Å². The van der Waals surface area contributed by atoms with Crippen LogP contribution in [0.3, 0.4) is 0 Å². The molecule has 1 aromatic rings. The molecular weight excluding hydrogens is 216 g/mol. The first-order chi connectivity index (χ1) is 6.89. The monoisotopic (exact) mass is 225 g/mol. The van der Waals surface area contributed by atoms with Crippen LogP contribution < -0.4 is 5.11 Å². The number of benzene rings is 1. The summed E-state index contributed by atoms with van der Waals surface area (Å²) >= 11 is 0. The van der Waals surface area contributed by atoms with E-state index in [1.165, 1.54) is 18.2 Å². The maximum Gasteiger partial charge on any atom is 0.175 e. The first-order valence-electron chi connectivity index (χ1n) is 4.09. The summed E-state index contributed by atoms with van der Waals surface area (Å²) in [6, 6.07) is 6.00. The normalized spacial score (nSPS) is 11.8. The Hall–Kier alpha value is -1.62. The summed E-state index contributed by atoms with van der Waals surface area (Å²) in [6.07, 6.45) is 3.22. The molecule has 0 unspecified atom stereocenters. The van der Waals surface area contributed by atoms with Gasteiger partial charge in [0, 0.05) is 6.26 Å². The lowest BCUT2D eigenvalue weighted by atomic mass is 10.2. The van der Waals surface area contributed by atoms with Gasteiger partial charge in [0.05, 0.1) is 10.9 Å². The Morgan fingerprint density at radius 2 is 2.07 bits per heavy atom. The lowest BCUT2D eigenvalue weighted by molar-refractivity contribution is -0.297. The summed E-state index contributed by atoms with van der Waals surface area (Å²) in [4.78, 5) is 10.3. The van der Waals surface area contributed by atoms with Crippen molar-refractivity contribution in [1.29, 1.82) is 0 Å². The third kappa shape index (κ3) is 3.55. The van der Waals surface area contributed by atoms with Gasteiger partial charge in [0.25, 0.3) is 0 Å². The van der Waals surface area contributed by atoms with Crippen molar-refractivity contribution in [2.24, 2.45) is 0 Å². The van der Waals surface area contributed by atoms with Crippen molar-refractivity contribution in [2.75, 3.05) is 6.26 Å². The lowest BCUT2D eigenvalue weighted by Gasteiger charge is -1.99. The summed E-state index contributed by atoms with van der Waals surface area (Å²) < 4.78 is 22.3. The quantitative estimate of drug-likeness (QED) is 0.671. The summed E-state index contributed by atoms with van der Waals surface area (Å²) in [5.74, 6) is -1.32.